The highest BCUT2D eigenvalue weighted by Gasteiger charge is 2.07. The minimum atomic E-state index is -0.0595. The first-order valence-corrected chi connectivity index (χ1v) is 6.02. The summed E-state index contributed by atoms with van der Waals surface area (Å²) in [5.41, 5.74) is 2.75. The molecule has 0 aliphatic heterocycles. The van der Waals surface area contributed by atoms with E-state index in [4.69, 9.17) is 0 Å². The van der Waals surface area contributed by atoms with Crippen LogP contribution in [0.25, 0.3) is 16.9 Å². The highest BCUT2D eigenvalue weighted by Crippen LogP contribution is 2.18. The zero-order valence-electron chi connectivity index (χ0n) is 10.8. The van der Waals surface area contributed by atoms with E-state index in [-0.39, 0.29) is 5.78 Å². The zero-order valence-corrected chi connectivity index (χ0v) is 10.8. The Balaban J connectivity index is 1.98. The lowest BCUT2D eigenvalue weighted by atomic mass is 10.2. The summed E-state index contributed by atoms with van der Waals surface area (Å²) < 4.78 is 1.66. The van der Waals surface area contributed by atoms with Gasteiger partial charge in [-0.1, -0.05) is 6.07 Å². The van der Waals surface area contributed by atoms with Crippen molar-refractivity contribution in [2.24, 2.45) is 0 Å². The van der Waals surface area contributed by atoms with Gasteiger partial charge >= 0.3 is 0 Å². The van der Waals surface area contributed by atoms with Crippen LogP contribution >= 0.6 is 0 Å². The predicted molar refractivity (Wildman–Crippen MR) is 72.4 cm³/mol. The number of ketones is 1. The molecule has 6 heteroatoms. The molecule has 0 saturated carbocycles. The minimum absolute atomic E-state index is 0.0595. The van der Waals surface area contributed by atoms with E-state index in [2.05, 4.69) is 20.1 Å². The number of carbonyl (C=O) groups is 1. The van der Waals surface area contributed by atoms with Gasteiger partial charge in [0.05, 0.1) is 24.3 Å². The number of hydrogen-bond donors (Lipinski definition) is 0. The van der Waals surface area contributed by atoms with Crippen molar-refractivity contribution in [3.63, 3.8) is 0 Å². The molecule has 0 fully saturated rings. The standard InChI is InChI=1S/C14H11N5O/c1-10(20)13-3-2-4-14(18-13)11-5-17-19(8-11)12-6-15-9-16-7-12/h2-9H,1H3. The molecular formula is C14H11N5O. The summed E-state index contributed by atoms with van der Waals surface area (Å²) in [6.45, 7) is 1.50. The van der Waals surface area contributed by atoms with Gasteiger partial charge in [0, 0.05) is 18.7 Å². The number of hydrogen-bond acceptors (Lipinski definition) is 5. The quantitative estimate of drug-likeness (QED) is 0.676. The fourth-order valence-electron chi connectivity index (χ4n) is 1.80. The number of nitrogens with zero attached hydrogens (tertiary/aromatic N) is 5. The van der Waals surface area contributed by atoms with Crippen LogP contribution in [0, 0.1) is 0 Å². The van der Waals surface area contributed by atoms with Crippen LogP contribution in [-0.2, 0) is 0 Å². The molecule has 6 nitrogen and oxygen atoms in total. The molecule has 0 aliphatic rings. The Morgan fingerprint density at radius 2 is 1.95 bits per heavy atom. The smallest absolute Gasteiger partial charge is 0.178 e. The van der Waals surface area contributed by atoms with Crippen LogP contribution in [-0.4, -0.2) is 30.5 Å². The molecular weight excluding hydrogens is 254 g/mol. The highest BCUT2D eigenvalue weighted by atomic mass is 16.1. The second kappa shape index (κ2) is 5.00. The van der Waals surface area contributed by atoms with Crippen LogP contribution < -0.4 is 0 Å². The summed E-state index contributed by atoms with van der Waals surface area (Å²) in [5, 5.41) is 4.25. The summed E-state index contributed by atoms with van der Waals surface area (Å²) in [6, 6.07) is 5.35. The van der Waals surface area contributed by atoms with E-state index in [1.54, 1.807) is 29.3 Å². The maximum absolute atomic E-state index is 11.4. The van der Waals surface area contributed by atoms with Gasteiger partial charge in [-0.05, 0) is 12.1 Å². The molecule has 0 atom stereocenters. The summed E-state index contributed by atoms with van der Waals surface area (Å²) in [7, 11) is 0. The zero-order chi connectivity index (χ0) is 13.9. The van der Waals surface area contributed by atoms with Crippen LogP contribution in [0.15, 0.2) is 49.3 Å². The molecule has 0 bridgehead atoms. The van der Waals surface area contributed by atoms with Crippen LogP contribution in [0.1, 0.15) is 17.4 Å². The van der Waals surface area contributed by atoms with Crippen molar-refractivity contribution in [2.45, 2.75) is 6.92 Å². The minimum Gasteiger partial charge on any atom is -0.293 e. The van der Waals surface area contributed by atoms with Crippen LogP contribution in [0.4, 0.5) is 0 Å². The molecule has 3 aromatic heterocycles. The van der Waals surface area contributed by atoms with Gasteiger partial charge in [0.15, 0.2) is 5.78 Å². The molecule has 0 saturated heterocycles. The molecule has 0 amide bonds. The van der Waals surface area contributed by atoms with E-state index in [1.165, 1.54) is 13.3 Å². The SMILES string of the molecule is CC(=O)c1cccc(-c2cnn(-c3cncnc3)c2)n1. The first kappa shape index (κ1) is 12.2. The molecule has 3 rings (SSSR count). The maximum Gasteiger partial charge on any atom is 0.178 e. The normalized spacial score (nSPS) is 10.4. The molecule has 0 unspecified atom stereocenters. The Morgan fingerprint density at radius 3 is 2.70 bits per heavy atom. The van der Waals surface area contributed by atoms with Crippen molar-refractivity contribution in [3.8, 4) is 16.9 Å². The third-order valence-electron chi connectivity index (χ3n) is 2.80. The second-order valence-corrected chi connectivity index (χ2v) is 4.23. The topological polar surface area (TPSA) is 73.6 Å². The molecule has 3 heterocycles. The van der Waals surface area contributed by atoms with E-state index in [0.717, 1.165) is 11.3 Å². The Kier molecular flexibility index (Phi) is 3.04. The number of aromatic nitrogens is 5. The van der Waals surface area contributed by atoms with E-state index < -0.39 is 0 Å². The monoisotopic (exact) mass is 265 g/mol. The molecule has 0 spiro atoms. The van der Waals surface area contributed by atoms with Crippen molar-refractivity contribution >= 4 is 5.78 Å². The van der Waals surface area contributed by atoms with Crippen molar-refractivity contribution in [1.29, 1.82) is 0 Å². The first-order valence-electron chi connectivity index (χ1n) is 6.02. The maximum atomic E-state index is 11.4. The average molecular weight is 265 g/mol. The van der Waals surface area contributed by atoms with Crippen molar-refractivity contribution in [2.75, 3.05) is 0 Å². The van der Waals surface area contributed by atoms with Gasteiger partial charge < -0.3 is 0 Å². The molecule has 3 aromatic rings. The van der Waals surface area contributed by atoms with E-state index in [0.29, 0.717) is 11.4 Å². The Labute approximate surface area is 115 Å². The molecule has 0 aliphatic carbocycles. The lowest BCUT2D eigenvalue weighted by molar-refractivity contribution is 0.101. The number of Topliss-reactive ketones (excluding diaryl/α,β-unsaturated/α-hetero) is 1. The Hall–Kier alpha value is -2.89. The molecule has 0 aromatic carbocycles. The van der Waals surface area contributed by atoms with Gasteiger partial charge in [-0.3, -0.25) is 4.79 Å². The van der Waals surface area contributed by atoms with Crippen molar-refractivity contribution in [3.05, 3.63) is 55.0 Å². The van der Waals surface area contributed by atoms with E-state index in [9.17, 15) is 4.79 Å². The van der Waals surface area contributed by atoms with Gasteiger partial charge in [0.25, 0.3) is 0 Å². The summed E-state index contributed by atoms with van der Waals surface area (Å²) in [6.07, 6.45) is 8.32. The summed E-state index contributed by atoms with van der Waals surface area (Å²) in [4.78, 5) is 23.6. The molecule has 0 N–H and O–H groups in total. The van der Waals surface area contributed by atoms with Gasteiger partial charge in [0.1, 0.15) is 17.7 Å². The number of pyridine rings is 1. The average Bonchev–Trinajstić information content (AvgIpc) is 2.98. The Bertz CT molecular complexity index is 751. The third-order valence-corrected chi connectivity index (χ3v) is 2.80. The van der Waals surface area contributed by atoms with Gasteiger partial charge in [-0.15, -0.1) is 0 Å². The van der Waals surface area contributed by atoms with Crippen molar-refractivity contribution < 1.29 is 4.79 Å². The molecule has 98 valence electrons. The Morgan fingerprint density at radius 1 is 1.15 bits per heavy atom. The van der Waals surface area contributed by atoms with Gasteiger partial charge in [-0.2, -0.15) is 5.10 Å². The highest BCUT2D eigenvalue weighted by molar-refractivity contribution is 5.92. The fraction of sp³-hybridized carbons (Fsp3) is 0.0714. The second-order valence-electron chi connectivity index (χ2n) is 4.23. The molecule has 0 radical (unpaired) electrons. The van der Waals surface area contributed by atoms with Crippen LogP contribution in [0.5, 0.6) is 0 Å². The van der Waals surface area contributed by atoms with Gasteiger partial charge in [0.2, 0.25) is 0 Å². The van der Waals surface area contributed by atoms with Crippen LogP contribution in [0.3, 0.4) is 0 Å². The fourth-order valence-corrected chi connectivity index (χ4v) is 1.80. The van der Waals surface area contributed by atoms with Crippen molar-refractivity contribution in [1.82, 2.24) is 24.7 Å². The van der Waals surface area contributed by atoms with E-state index in [1.807, 2.05) is 18.3 Å². The predicted octanol–water partition coefficient (Wildman–Crippen LogP) is 1.93. The summed E-state index contributed by atoms with van der Waals surface area (Å²) in [5.74, 6) is -0.0595. The van der Waals surface area contributed by atoms with Crippen LogP contribution in [0.2, 0.25) is 0 Å². The number of carbonyl (C=O) groups excluding carboxylic acids is 1. The van der Waals surface area contributed by atoms with Gasteiger partial charge in [-0.25, -0.2) is 19.6 Å². The number of rotatable bonds is 3. The van der Waals surface area contributed by atoms with E-state index >= 15 is 0 Å². The lowest BCUT2D eigenvalue weighted by Gasteiger charge is -2.00. The summed E-state index contributed by atoms with van der Waals surface area (Å²) >= 11 is 0. The lowest BCUT2D eigenvalue weighted by Crippen LogP contribution is -1.97. The first-order chi connectivity index (χ1) is 9.74. The molecule has 20 heavy (non-hydrogen) atoms. The third kappa shape index (κ3) is 2.31. The largest absolute Gasteiger partial charge is 0.293 e.